The summed E-state index contributed by atoms with van der Waals surface area (Å²) in [6, 6.07) is 16.5. The van der Waals surface area contributed by atoms with E-state index in [1.54, 1.807) is 16.2 Å². The average Bonchev–Trinajstić information content (AvgIpc) is 3.17. The number of piperidine rings is 1. The number of thiazole rings is 1. The van der Waals surface area contributed by atoms with Gasteiger partial charge in [-0.2, -0.15) is 0 Å². The summed E-state index contributed by atoms with van der Waals surface area (Å²) in [5, 5.41) is 6.04. The van der Waals surface area contributed by atoms with Crippen molar-refractivity contribution in [3.8, 4) is 11.3 Å². The zero-order valence-electron chi connectivity index (χ0n) is 16.3. The predicted octanol–water partition coefficient (Wildman–Crippen LogP) is 4.81. The van der Waals surface area contributed by atoms with E-state index in [2.05, 4.69) is 10.3 Å². The molecule has 3 aromatic rings. The molecule has 2 aromatic carbocycles. The van der Waals surface area contributed by atoms with Crippen molar-refractivity contribution in [3.05, 3.63) is 70.5 Å². The fourth-order valence-corrected chi connectivity index (χ4v) is 4.26. The van der Waals surface area contributed by atoms with E-state index < -0.39 is 6.04 Å². The SMILES string of the molecule is Cc1nc(-c2ccc(NC(=O)C(c3ccccc3)N3CCCCC3=O)cc2)cs1. The lowest BCUT2D eigenvalue weighted by atomic mass is 10.0. The van der Waals surface area contributed by atoms with Crippen molar-refractivity contribution < 1.29 is 9.59 Å². The molecule has 0 saturated carbocycles. The van der Waals surface area contributed by atoms with Crippen molar-refractivity contribution in [1.29, 1.82) is 0 Å². The first-order chi connectivity index (χ1) is 14.1. The molecule has 1 atom stereocenters. The summed E-state index contributed by atoms with van der Waals surface area (Å²) in [5.41, 5.74) is 3.48. The third kappa shape index (κ3) is 4.38. The second-order valence-electron chi connectivity index (χ2n) is 7.18. The highest BCUT2D eigenvalue weighted by Crippen LogP contribution is 2.28. The molecule has 5 nitrogen and oxygen atoms in total. The van der Waals surface area contributed by atoms with Crippen molar-refractivity contribution >= 4 is 28.8 Å². The number of hydrogen-bond donors (Lipinski definition) is 1. The molecule has 0 radical (unpaired) electrons. The largest absolute Gasteiger partial charge is 0.327 e. The quantitative estimate of drug-likeness (QED) is 0.662. The Morgan fingerprint density at radius 1 is 1.10 bits per heavy atom. The van der Waals surface area contributed by atoms with Gasteiger partial charge in [-0.1, -0.05) is 42.5 Å². The van der Waals surface area contributed by atoms with Crippen molar-refractivity contribution in [2.24, 2.45) is 0 Å². The number of anilines is 1. The van der Waals surface area contributed by atoms with Crippen LogP contribution in [0.1, 0.15) is 35.9 Å². The van der Waals surface area contributed by atoms with Gasteiger partial charge in [0, 0.05) is 29.6 Å². The summed E-state index contributed by atoms with van der Waals surface area (Å²) in [6.45, 7) is 2.59. The molecule has 0 bridgehead atoms. The Bertz CT molecular complexity index is 998. The van der Waals surface area contributed by atoms with Crippen molar-refractivity contribution in [3.63, 3.8) is 0 Å². The van der Waals surface area contributed by atoms with Gasteiger partial charge in [0.2, 0.25) is 5.91 Å². The van der Waals surface area contributed by atoms with Gasteiger partial charge in [0.25, 0.3) is 5.91 Å². The Kier molecular flexibility index (Phi) is 5.71. The van der Waals surface area contributed by atoms with Crippen LogP contribution < -0.4 is 5.32 Å². The highest BCUT2D eigenvalue weighted by Gasteiger charge is 2.32. The molecule has 148 valence electrons. The zero-order chi connectivity index (χ0) is 20.2. The second kappa shape index (κ2) is 8.57. The number of benzene rings is 2. The Morgan fingerprint density at radius 2 is 1.86 bits per heavy atom. The normalized spacial score (nSPS) is 15.2. The van der Waals surface area contributed by atoms with Crippen molar-refractivity contribution in [2.45, 2.75) is 32.2 Å². The van der Waals surface area contributed by atoms with Gasteiger partial charge in [-0.15, -0.1) is 11.3 Å². The molecule has 2 heterocycles. The Morgan fingerprint density at radius 3 is 2.52 bits per heavy atom. The standard InChI is InChI=1S/C23H23N3O2S/c1-16-24-20(15-29-16)17-10-12-19(13-11-17)25-23(28)22(18-7-3-2-4-8-18)26-14-6-5-9-21(26)27/h2-4,7-8,10-13,15,22H,5-6,9,14H2,1H3,(H,25,28). The molecule has 1 aliphatic rings. The predicted molar refractivity (Wildman–Crippen MR) is 116 cm³/mol. The monoisotopic (exact) mass is 405 g/mol. The maximum Gasteiger partial charge on any atom is 0.251 e. The molecular formula is C23H23N3O2S. The number of nitrogens with one attached hydrogen (secondary N) is 1. The van der Waals surface area contributed by atoms with Crippen LogP contribution in [0.5, 0.6) is 0 Å². The molecule has 6 heteroatoms. The first-order valence-corrected chi connectivity index (χ1v) is 10.7. The van der Waals surface area contributed by atoms with Gasteiger partial charge in [0.05, 0.1) is 10.7 Å². The van der Waals surface area contributed by atoms with E-state index in [1.165, 1.54) is 0 Å². The fourth-order valence-electron chi connectivity index (χ4n) is 3.64. The summed E-state index contributed by atoms with van der Waals surface area (Å²) in [4.78, 5) is 31.9. The van der Waals surface area contributed by atoms with Gasteiger partial charge in [0.15, 0.2) is 0 Å². The maximum atomic E-state index is 13.2. The second-order valence-corrected chi connectivity index (χ2v) is 8.24. The topological polar surface area (TPSA) is 62.3 Å². The number of rotatable bonds is 5. The highest BCUT2D eigenvalue weighted by molar-refractivity contribution is 7.09. The van der Waals surface area contributed by atoms with Crippen LogP contribution in [0.25, 0.3) is 11.3 Å². The summed E-state index contributed by atoms with van der Waals surface area (Å²) in [7, 11) is 0. The van der Waals surface area contributed by atoms with Gasteiger partial charge in [0.1, 0.15) is 6.04 Å². The minimum Gasteiger partial charge on any atom is -0.327 e. The molecule has 1 fully saturated rings. The third-order valence-corrected chi connectivity index (χ3v) is 5.88. The Hall–Kier alpha value is -2.99. The van der Waals surface area contributed by atoms with E-state index in [4.69, 9.17) is 0 Å². The minimum atomic E-state index is -0.620. The maximum absolute atomic E-state index is 13.2. The Balaban J connectivity index is 1.55. The third-order valence-electron chi connectivity index (χ3n) is 5.10. The molecule has 1 N–H and O–H groups in total. The van der Waals surface area contributed by atoms with Crippen LogP contribution in [0.3, 0.4) is 0 Å². The molecule has 29 heavy (non-hydrogen) atoms. The van der Waals surface area contributed by atoms with Crippen LogP contribution in [0.15, 0.2) is 60.0 Å². The van der Waals surface area contributed by atoms with E-state index in [0.29, 0.717) is 18.7 Å². The van der Waals surface area contributed by atoms with Gasteiger partial charge >= 0.3 is 0 Å². The number of nitrogens with zero attached hydrogens (tertiary/aromatic N) is 2. The molecule has 4 rings (SSSR count). The number of amides is 2. The number of likely N-dealkylation sites (tertiary alicyclic amines) is 1. The molecule has 1 unspecified atom stereocenters. The number of carbonyl (C=O) groups is 2. The van der Waals surface area contributed by atoms with E-state index in [9.17, 15) is 9.59 Å². The van der Waals surface area contributed by atoms with Crippen molar-refractivity contribution in [2.75, 3.05) is 11.9 Å². The van der Waals surface area contributed by atoms with Crippen LogP contribution in [0.2, 0.25) is 0 Å². The smallest absolute Gasteiger partial charge is 0.251 e. The first kappa shape index (κ1) is 19.3. The number of aromatic nitrogens is 1. The lowest BCUT2D eigenvalue weighted by molar-refractivity contribution is -0.141. The molecule has 1 aliphatic heterocycles. The van der Waals surface area contributed by atoms with Gasteiger partial charge < -0.3 is 10.2 Å². The van der Waals surface area contributed by atoms with Crippen LogP contribution in [-0.2, 0) is 9.59 Å². The van der Waals surface area contributed by atoms with Crippen molar-refractivity contribution in [1.82, 2.24) is 9.88 Å². The van der Waals surface area contributed by atoms with Crippen LogP contribution in [-0.4, -0.2) is 28.2 Å². The molecule has 2 amide bonds. The van der Waals surface area contributed by atoms with Crippen LogP contribution in [0, 0.1) is 6.92 Å². The summed E-state index contributed by atoms with van der Waals surface area (Å²) in [5.74, 6) is -0.154. The van der Waals surface area contributed by atoms with Crippen LogP contribution in [0.4, 0.5) is 5.69 Å². The van der Waals surface area contributed by atoms with E-state index in [-0.39, 0.29) is 11.8 Å². The molecular weight excluding hydrogens is 382 g/mol. The lowest BCUT2D eigenvalue weighted by Crippen LogP contribution is -2.43. The zero-order valence-corrected chi connectivity index (χ0v) is 17.1. The first-order valence-electron chi connectivity index (χ1n) is 9.79. The number of carbonyl (C=O) groups excluding carboxylic acids is 2. The fraction of sp³-hybridized carbons (Fsp3) is 0.261. The minimum absolute atomic E-state index is 0.0366. The summed E-state index contributed by atoms with van der Waals surface area (Å²) < 4.78 is 0. The number of hydrogen-bond acceptors (Lipinski definition) is 4. The highest BCUT2D eigenvalue weighted by atomic mass is 32.1. The Labute approximate surface area is 174 Å². The molecule has 1 saturated heterocycles. The van der Waals surface area contributed by atoms with Gasteiger partial charge in [-0.3, -0.25) is 9.59 Å². The molecule has 0 aliphatic carbocycles. The van der Waals surface area contributed by atoms with E-state index >= 15 is 0 Å². The van der Waals surface area contributed by atoms with E-state index in [1.807, 2.05) is 66.9 Å². The molecule has 0 spiro atoms. The van der Waals surface area contributed by atoms with E-state index in [0.717, 1.165) is 34.7 Å². The average molecular weight is 406 g/mol. The number of aryl methyl sites for hydroxylation is 1. The van der Waals surface area contributed by atoms with Gasteiger partial charge in [-0.05, 0) is 37.5 Å². The summed E-state index contributed by atoms with van der Waals surface area (Å²) in [6.07, 6.45) is 2.30. The molecule has 1 aromatic heterocycles. The van der Waals surface area contributed by atoms with Gasteiger partial charge in [-0.25, -0.2) is 4.98 Å². The lowest BCUT2D eigenvalue weighted by Gasteiger charge is -2.34. The van der Waals surface area contributed by atoms with Crippen LogP contribution >= 0.6 is 11.3 Å². The summed E-state index contributed by atoms with van der Waals surface area (Å²) >= 11 is 1.61.